The largest absolute Gasteiger partial charge is 0.355 e. The van der Waals surface area contributed by atoms with E-state index in [-0.39, 0.29) is 0 Å². The lowest BCUT2D eigenvalue weighted by atomic mass is 10.1. The van der Waals surface area contributed by atoms with Crippen LogP contribution in [-0.4, -0.2) is 46.0 Å². The smallest absolute Gasteiger partial charge is 0.216 e. The van der Waals surface area contributed by atoms with Gasteiger partial charge in [0.25, 0.3) is 0 Å². The molecule has 3 aromatic heterocycles. The summed E-state index contributed by atoms with van der Waals surface area (Å²) in [6, 6.07) is 10.2. The van der Waals surface area contributed by atoms with Crippen LogP contribution in [-0.2, 0) is 10.0 Å². The lowest BCUT2D eigenvalue weighted by Gasteiger charge is -2.27. The van der Waals surface area contributed by atoms with Crippen LogP contribution in [0.25, 0.3) is 26.8 Å². The fourth-order valence-electron chi connectivity index (χ4n) is 3.82. The summed E-state index contributed by atoms with van der Waals surface area (Å²) >= 11 is 1.62. The minimum absolute atomic E-state index is 0.401. The Morgan fingerprint density at radius 1 is 1.19 bits per heavy atom. The van der Waals surface area contributed by atoms with Gasteiger partial charge in [-0.3, -0.25) is 0 Å². The van der Waals surface area contributed by atoms with Crippen LogP contribution in [0, 0.1) is 0 Å². The predicted molar refractivity (Wildman–Crippen MR) is 127 cm³/mol. The Balaban J connectivity index is 1.43. The fraction of sp³-hybridized carbons (Fsp3) is 0.273. The summed E-state index contributed by atoms with van der Waals surface area (Å²) in [5, 5.41) is 4.09. The van der Waals surface area contributed by atoms with Crippen molar-refractivity contribution in [2.24, 2.45) is 0 Å². The van der Waals surface area contributed by atoms with Crippen LogP contribution in [0.2, 0.25) is 0 Å². The summed E-state index contributed by atoms with van der Waals surface area (Å²) in [6.45, 7) is 4.34. The topological polar surface area (TPSA) is 91.0 Å². The summed E-state index contributed by atoms with van der Waals surface area (Å²) in [7, 11) is -3.23. The molecule has 160 valence electrons. The molecule has 0 atom stereocenters. The molecule has 4 heterocycles. The van der Waals surface area contributed by atoms with Gasteiger partial charge in [-0.05, 0) is 56.2 Å². The van der Waals surface area contributed by atoms with E-state index in [9.17, 15) is 8.42 Å². The number of pyridine rings is 1. The first kappa shape index (κ1) is 20.2. The van der Waals surface area contributed by atoms with E-state index in [1.807, 2.05) is 29.8 Å². The van der Waals surface area contributed by atoms with E-state index >= 15 is 0 Å². The van der Waals surface area contributed by atoms with E-state index in [2.05, 4.69) is 32.4 Å². The van der Waals surface area contributed by atoms with Crippen molar-refractivity contribution >= 4 is 59.6 Å². The maximum atomic E-state index is 12.4. The Labute approximate surface area is 184 Å². The van der Waals surface area contributed by atoms with Gasteiger partial charge < -0.3 is 10.3 Å². The fourth-order valence-corrected chi connectivity index (χ4v) is 5.76. The molecule has 4 aromatic rings. The third kappa shape index (κ3) is 3.73. The summed E-state index contributed by atoms with van der Waals surface area (Å²) < 4.78 is 27.5. The van der Waals surface area contributed by atoms with Crippen LogP contribution in [0.15, 0.2) is 48.1 Å². The van der Waals surface area contributed by atoms with Gasteiger partial charge in [0.15, 0.2) is 0 Å². The first-order valence-electron chi connectivity index (χ1n) is 10.2. The van der Waals surface area contributed by atoms with Crippen LogP contribution in [0.3, 0.4) is 0 Å². The highest BCUT2D eigenvalue weighted by atomic mass is 32.2. The van der Waals surface area contributed by atoms with Gasteiger partial charge in [0.2, 0.25) is 10.0 Å². The minimum Gasteiger partial charge on any atom is -0.355 e. The number of hydrogen-bond donors (Lipinski definition) is 2. The average Bonchev–Trinajstić information content (AvgIpc) is 3.41. The van der Waals surface area contributed by atoms with Gasteiger partial charge in [-0.1, -0.05) is 6.08 Å². The molecule has 0 unspecified atom stereocenters. The van der Waals surface area contributed by atoms with Gasteiger partial charge in [-0.2, -0.15) is 4.31 Å². The summed E-state index contributed by atoms with van der Waals surface area (Å²) in [5.74, 6) is 0. The first-order valence-corrected chi connectivity index (χ1v) is 12.6. The van der Waals surface area contributed by atoms with Crippen LogP contribution in [0.5, 0.6) is 0 Å². The first-order chi connectivity index (χ1) is 14.9. The molecule has 5 rings (SSSR count). The van der Waals surface area contributed by atoms with E-state index in [1.54, 1.807) is 35.7 Å². The zero-order valence-electron chi connectivity index (χ0n) is 17.3. The molecular formula is C22H23N5O2S2. The molecule has 31 heavy (non-hydrogen) atoms. The molecule has 1 aliphatic rings. The maximum Gasteiger partial charge on any atom is 0.216 e. The average molecular weight is 454 g/mol. The number of aromatic nitrogens is 3. The highest BCUT2D eigenvalue weighted by Gasteiger charge is 2.27. The zero-order chi connectivity index (χ0) is 21.6. The number of aromatic amines is 1. The number of sulfonamides is 1. The number of H-pyrrole nitrogens is 1. The van der Waals surface area contributed by atoms with Gasteiger partial charge >= 0.3 is 0 Å². The van der Waals surface area contributed by atoms with Crippen molar-refractivity contribution < 1.29 is 8.42 Å². The molecule has 0 radical (unpaired) electrons. The van der Waals surface area contributed by atoms with Crippen molar-refractivity contribution in [3.05, 3.63) is 53.8 Å². The molecule has 0 aliphatic carbocycles. The molecular weight excluding hydrogens is 430 g/mol. The predicted octanol–water partition coefficient (Wildman–Crippen LogP) is 4.74. The van der Waals surface area contributed by atoms with E-state index in [0.717, 1.165) is 43.9 Å². The SMILES string of the molecule is CC(C)S(=O)(=O)N1CC=C(c2cc3c(Nc4ccc5ncsc5c4)ccnc3[nH]2)CC1. The number of fused-ring (bicyclic) bond motifs is 2. The van der Waals surface area contributed by atoms with E-state index in [4.69, 9.17) is 0 Å². The molecule has 1 aliphatic heterocycles. The Hall–Kier alpha value is -2.75. The zero-order valence-corrected chi connectivity index (χ0v) is 18.9. The van der Waals surface area contributed by atoms with E-state index in [1.165, 1.54) is 0 Å². The molecule has 9 heteroatoms. The molecule has 0 saturated carbocycles. The standard InChI is InChI=1S/C22H23N5O2S2/c1-14(2)31(28,29)27-9-6-15(7-10-27)20-12-17-18(5-8-23-22(17)26-20)25-16-3-4-19-21(11-16)30-13-24-19/h3-6,8,11-14H,7,9-10H2,1-2H3,(H2,23,25,26). The van der Waals surface area contributed by atoms with Crippen LogP contribution in [0.1, 0.15) is 26.0 Å². The third-order valence-corrected chi connectivity index (χ3v) is 8.65. The lowest BCUT2D eigenvalue weighted by Crippen LogP contribution is -2.39. The second-order valence-corrected chi connectivity index (χ2v) is 11.3. The van der Waals surface area contributed by atoms with Gasteiger partial charge in [0, 0.05) is 36.1 Å². The van der Waals surface area contributed by atoms with Gasteiger partial charge in [0.1, 0.15) is 5.65 Å². The Morgan fingerprint density at radius 3 is 2.84 bits per heavy atom. The molecule has 1 aromatic carbocycles. The number of benzene rings is 1. The van der Waals surface area contributed by atoms with Crippen LogP contribution >= 0.6 is 11.3 Å². The second-order valence-electron chi connectivity index (χ2n) is 7.89. The van der Waals surface area contributed by atoms with E-state index < -0.39 is 15.3 Å². The van der Waals surface area contributed by atoms with Gasteiger partial charge in [0.05, 0.1) is 26.7 Å². The number of hydrogen-bond acceptors (Lipinski definition) is 6. The third-order valence-electron chi connectivity index (χ3n) is 5.62. The van der Waals surface area contributed by atoms with Crippen molar-refractivity contribution in [3.63, 3.8) is 0 Å². The monoisotopic (exact) mass is 453 g/mol. The normalized spacial score (nSPS) is 15.6. The number of rotatable bonds is 5. The summed E-state index contributed by atoms with van der Waals surface area (Å²) in [4.78, 5) is 12.2. The van der Waals surface area contributed by atoms with Crippen LogP contribution in [0.4, 0.5) is 11.4 Å². The second kappa shape index (κ2) is 7.74. The number of nitrogens with zero attached hydrogens (tertiary/aromatic N) is 3. The Kier molecular flexibility index (Phi) is 5.04. The minimum atomic E-state index is -3.23. The van der Waals surface area contributed by atoms with E-state index in [0.29, 0.717) is 19.5 Å². The van der Waals surface area contributed by atoms with Gasteiger partial charge in [-0.25, -0.2) is 18.4 Å². The van der Waals surface area contributed by atoms with Crippen molar-refractivity contribution in [1.82, 2.24) is 19.3 Å². The number of thiazole rings is 1. The highest BCUT2D eigenvalue weighted by Crippen LogP contribution is 2.32. The Morgan fingerprint density at radius 2 is 2.06 bits per heavy atom. The maximum absolute atomic E-state index is 12.4. The summed E-state index contributed by atoms with van der Waals surface area (Å²) in [5.41, 5.74) is 7.72. The molecule has 0 bridgehead atoms. The van der Waals surface area contributed by atoms with Crippen molar-refractivity contribution in [2.45, 2.75) is 25.5 Å². The summed E-state index contributed by atoms with van der Waals surface area (Å²) in [6.07, 6.45) is 4.45. The van der Waals surface area contributed by atoms with Crippen LogP contribution < -0.4 is 5.32 Å². The molecule has 0 fully saturated rings. The van der Waals surface area contributed by atoms with Crippen molar-refractivity contribution in [1.29, 1.82) is 0 Å². The van der Waals surface area contributed by atoms with Gasteiger partial charge in [-0.15, -0.1) is 11.3 Å². The Bertz CT molecular complexity index is 1400. The van der Waals surface area contributed by atoms with Crippen molar-refractivity contribution in [2.75, 3.05) is 18.4 Å². The molecule has 0 amide bonds. The number of anilines is 2. The number of nitrogens with one attached hydrogen (secondary N) is 2. The quantitative estimate of drug-likeness (QED) is 0.455. The lowest BCUT2D eigenvalue weighted by molar-refractivity contribution is 0.435. The molecule has 7 nitrogen and oxygen atoms in total. The highest BCUT2D eigenvalue weighted by molar-refractivity contribution is 7.89. The molecule has 0 saturated heterocycles. The molecule has 0 spiro atoms. The molecule has 2 N–H and O–H groups in total. The van der Waals surface area contributed by atoms with Crippen molar-refractivity contribution in [3.8, 4) is 0 Å².